The fourth-order valence-electron chi connectivity index (χ4n) is 1.41. The lowest BCUT2D eigenvalue weighted by atomic mass is 10.3. The molecule has 1 N–H and O–H groups in total. The molecule has 0 saturated heterocycles. The summed E-state index contributed by atoms with van der Waals surface area (Å²) in [6.07, 6.45) is -0.221. The van der Waals surface area contributed by atoms with E-state index in [4.69, 9.17) is 18.9 Å². The second-order valence-electron chi connectivity index (χ2n) is 3.63. The molecule has 0 aliphatic rings. The van der Waals surface area contributed by atoms with Crippen LogP contribution in [0.15, 0.2) is 24.3 Å². The number of ether oxygens (including phenoxy) is 4. The van der Waals surface area contributed by atoms with Gasteiger partial charge in [-0.15, -0.1) is 0 Å². The number of rotatable bonds is 9. The first-order valence-corrected chi connectivity index (χ1v) is 5.83. The van der Waals surface area contributed by atoms with Crippen molar-refractivity contribution in [1.29, 1.82) is 0 Å². The molecule has 102 valence electrons. The highest BCUT2D eigenvalue weighted by molar-refractivity contribution is 5.32. The lowest BCUT2D eigenvalue weighted by molar-refractivity contribution is -0.0988. The Balaban J connectivity index is 2.17. The van der Waals surface area contributed by atoms with Crippen molar-refractivity contribution in [2.75, 3.05) is 41.0 Å². The second-order valence-corrected chi connectivity index (χ2v) is 3.63. The van der Waals surface area contributed by atoms with E-state index in [2.05, 4.69) is 5.32 Å². The molecule has 5 heteroatoms. The fraction of sp³-hybridized carbons (Fsp3) is 0.538. The lowest BCUT2D eigenvalue weighted by Crippen LogP contribution is -2.32. The summed E-state index contributed by atoms with van der Waals surface area (Å²) in [5.74, 6) is 1.59. The Morgan fingerprint density at radius 3 is 2.50 bits per heavy atom. The van der Waals surface area contributed by atoms with Gasteiger partial charge in [-0.25, -0.2) is 0 Å². The molecular weight excluding hydrogens is 234 g/mol. The minimum Gasteiger partial charge on any atom is -0.497 e. The predicted octanol–water partition coefficient (Wildman–Crippen LogP) is 1.28. The average molecular weight is 255 g/mol. The summed E-state index contributed by atoms with van der Waals surface area (Å²) in [6.45, 7) is 1.93. The Labute approximate surface area is 108 Å². The smallest absolute Gasteiger partial charge is 0.169 e. The molecule has 5 nitrogen and oxygen atoms in total. The van der Waals surface area contributed by atoms with Gasteiger partial charge in [-0.1, -0.05) is 6.07 Å². The summed E-state index contributed by atoms with van der Waals surface area (Å²) in [5.41, 5.74) is 0. The normalized spacial score (nSPS) is 10.7. The molecule has 0 aromatic heterocycles. The molecule has 0 aliphatic heterocycles. The zero-order valence-electron chi connectivity index (χ0n) is 11.1. The Morgan fingerprint density at radius 2 is 1.83 bits per heavy atom. The summed E-state index contributed by atoms with van der Waals surface area (Å²) < 4.78 is 20.8. The molecule has 0 unspecified atom stereocenters. The summed E-state index contributed by atoms with van der Waals surface area (Å²) in [4.78, 5) is 0. The van der Waals surface area contributed by atoms with Crippen LogP contribution in [0.25, 0.3) is 0 Å². The van der Waals surface area contributed by atoms with Crippen molar-refractivity contribution < 1.29 is 18.9 Å². The van der Waals surface area contributed by atoms with Gasteiger partial charge in [0.05, 0.1) is 7.11 Å². The van der Waals surface area contributed by atoms with Gasteiger partial charge in [-0.05, 0) is 12.1 Å². The maximum absolute atomic E-state index is 5.57. The highest BCUT2D eigenvalue weighted by Crippen LogP contribution is 2.18. The largest absolute Gasteiger partial charge is 0.497 e. The van der Waals surface area contributed by atoms with Crippen LogP contribution in [-0.2, 0) is 9.47 Å². The van der Waals surface area contributed by atoms with E-state index in [0.29, 0.717) is 13.2 Å². The third-order valence-electron chi connectivity index (χ3n) is 2.43. The van der Waals surface area contributed by atoms with Gasteiger partial charge in [-0.2, -0.15) is 0 Å². The summed E-state index contributed by atoms with van der Waals surface area (Å²) >= 11 is 0. The molecule has 1 rings (SSSR count). The van der Waals surface area contributed by atoms with E-state index in [1.807, 2.05) is 24.3 Å². The van der Waals surface area contributed by atoms with Gasteiger partial charge < -0.3 is 24.3 Å². The first-order valence-electron chi connectivity index (χ1n) is 5.83. The topological polar surface area (TPSA) is 49.0 Å². The number of methoxy groups -OCH3 is 3. The zero-order chi connectivity index (χ0) is 13.2. The molecule has 0 fully saturated rings. The first kappa shape index (κ1) is 14.8. The number of benzene rings is 1. The Bertz CT molecular complexity index is 329. The SMILES string of the molecule is COc1cccc(OCCNCC(OC)OC)c1. The molecule has 0 atom stereocenters. The van der Waals surface area contributed by atoms with E-state index >= 15 is 0 Å². The first-order chi connectivity index (χ1) is 8.80. The van der Waals surface area contributed by atoms with Crippen LogP contribution >= 0.6 is 0 Å². The van der Waals surface area contributed by atoms with Gasteiger partial charge in [0, 0.05) is 33.4 Å². The maximum atomic E-state index is 5.57. The molecule has 0 radical (unpaired) electrons. The van der Waals surface area contributed by atoms with Crippen molar-refractivity contribution >= 4 is 0 Å². The van der Waals surface area contributed by atoms with Crippen molar-refractivity contribution in [3.05, 3.63) is 24.3 Å². The Kier molecular flexibility index (Phi) is 7.17. The van der Waals surface area contributed by atoms with Crippen molar-refractivity contribution in [2.45, 2.75) is 6.29 Å². The molecule has 0 heterocycles. The minimum atomic E-state index is -0.221. The van der Waals surface area contributed by atoms with Crippen molar-refractivity contribution in [2.24, 2.45) is 0 Å². The van der Waals surface area contributed by atoms with Gasteiger partial charge in [-0.3, -0.25) is 0 Å². The standard InChI is InChI=1S/C13H21NO4/c1-15-11-5-4-6-12(9-11)18-8-7-14-10-13(16-2)17-3/h4-6,9,13-14H,7-8,10H2,1-3H3. The quantitative estimate of drug-likeness (QED) is 0.532. The number of hydrogen-bond acceptors (Lipinski definition) is 5. The molecule has 0 aliphatic carbocycles. The highest BCUT2D eigenvalue weighted by atomic mass is 16.7. The molecule has 1 aromatic rings. The van der Waals surface area contributed by atoms with Gasteiger partial charge >= 0.3 is 0 Å². The van der Waals surface area contributed by atoms with E-state index in [9.17, 15) is 0 Å². The highest BCUT2D eigenvalue weighted by Gasteiger charge is 2.03. The van der Waals surface area contributed by atoms with Gasteiger partial charge in [0.1, 0.15) is 18.1 Å². The van der Waals surface area contributed by atoms with Gasteiger partial charge in [0.2, 0.25) is 0 Å². The summed E-state index contributed by atoms with van der Waals surface area (Å²) in [6, 6.07) is 7.53. The Morgan fingerprint density at radius 1 is 1.11 bits per heavy atom. The van der Waals surface area contributed by atoms with Crippen LogP contribution in [0, 0.1) is 0 Å². The molecular formula is C13H21NO4. The third-order valence-corrected chi connectivity index (χ3v) is 2.43. The van der Waals surface area contributed by atoms with Crippen molar-refractivity contribution in [1.82, 2.24) is 5.32 Å². The predicted molar refractivity (Wildman–Crippen MR) is 69.2 cm³/mol. The average Bonchev–Trinajstić information content (AvgIpc) is 2.43. The molecule has 0 saturated carbocycles. The van der Waals surface area contributed by atoms with Crippen LogP contribution in [0.1, 0.15) is 0 Å². The van der Waals surface area contributed by atoms with Gasteiger partial charge in [0.15, 0.2) is 6.29 Å². The molecule has 0 spiro atoms. The third kappa shape index (κ3) is 5.35. The van der Waals surface area contributed by atoms with E-state index in [1.54, 1.807) is 21.3 Å². The monoisotopic (exact) mass is 255 g/mol. The zero-order valence-corrected chi connectivity index (χ0v) is 11.1. The van der Waals surface area contributed by atoms with Crippen LogP contribution in [0.3, 0.4) is 0 Å². The van der Waals surface area contributed by atoms with Crippen molar-refractivity contribution in [3.63, 3.8) is 0 Å². The number of nitrogens with one attached hydrogen (secondary N) is 1. The summed E-state index contributed by atoms with van der Waals surface area (Å²) in [7, 11) is 4.86. The lowest BCUT2D eigenvalue weighted by Gasteiger charge is -2.14. The van der Waals surface area contributed by atoms with E-state index in [1.165, 1.54) is 0 Å². The molecule has 18 heavy (non-hydrogen) atoms. The molecule has 0 bridgehead atoms. The maximum Gasteiger partial charge on any atom is 0.169 e. The van der Waals surface area contributed by atoms with Crippen LogP contribution in [0.4, 0.5) is 0 Å². The van der Waals surface area contributed by atoms with E-state index in [0.717, 1.165) is 18.0 Å². The van der Waals surface area contributed by atoms with E-state index < -0.39 is 0 Å². The minimum absolute atomic E-state index is 0.221. The second kappa shape index (κ2) is 8.74. The molecule has 0 amide bonds. The summed E-state index contributed by atoms with van der Waals surface area (Å²) in [5, 5.41) is 3.18. The van der Waals surface area contributed by atoms with Gasteiger partial charge in [0.25, 0.3) is 0 Å². The van der Waals surface area contributed by atoms with Crippen LogP contribution in [0.5, 0.6) is 11.5 Å². The van der Waals surface area contributed by atoms with Crippen LogP contribution < -0.4 is 14.8 Å². The van der Waals surface area contributed by atoms with Crippen LogP contribution in [-0.4, -0.2) is 47.3 Å². The fourth-order valence-corrected chi connectivity index (χ4v) is 1.41. The van der Waals surface area contributed by atoms with Crippen LogP contribution in [0.2, 0.25) is 0 Å². The Hall–Kier alpha value is -1.30. The molecule has 1 aromatic carbocycles. The van der Waals surface area contributed by atoms with E-state index in [-0.39, 0.29) is 6.29 Å². The van der Waals surface area contributed by atoms with Crippen molar-refractivity contribution in [3.8, 4) is 11.5 Å². The number of hydrogen-bond donors (Lipinski definition) is 1.